The van der Waals surface area contributed by atoms with Crippen molar-refractivity contribution in [3.8, 4) is 28.7 Å². The molecular formula is C15H12O7. The molecule has 22 heavy (non-hydrogen) atoms. The Hall–Kier alpha value is -3.09. The predicted octanol–water partition coefficient (Wildman–Crippen LogP) is 2.08. The summed E-state index contributed by atoms with van der Waals surface area (Å²) in [5.41, 5.74) is -0.727. The summed E-state index contributed by atoms with van der Waals surface area (Å²) >= 11 is 0. The molecule has 0 spiro atoms. The Morgan fingerprint density at radius 1 is 0.955 bits per heavy atom. The SMILES string of the molecule is COc1cc(O)c2c(=O)c3c(O)cc(O)cc3oc2c1OC. The van der Waals surface area contributed by atoms with E-state index in [4.69, 9.17) is 13.9 Å². The highest BCUT2D eigenvalue weighted by Gasteiger charge is 2.21. The van der Waals surface area contributed by atoms with Crippen LogP contribution in [0.2, 0.25) is 0 Å². The summed E-state index contributed by atoms with van der Waals surface area (Å²) in [5, 5.41) is 29.2. The van der Waals surface area contributed by atoms with Crippen molar-refractivity contribution in [2.45, 2.75) is 0 Å². The van der Waals surface area contributed by atoms with E-state index >= 15 is 0 Å². The summed E-state index contributed by atoms with van der Waals surface area (Å²) in [6, 6.07) is 3.43. The van der Waals surface area contributed by atoms with E-state index in [9.17, 15) is 20.1 Å². The molecule has 114 valence electrons. The molecule has 3 N–H and O–H groups in total. The number of hydrogen-bond donors (Lipinski definition) is 3. The predicted molar refractivity (Wildman–Crippen MR) is 78.1 cm³/mol. The van der Waals surface area contributed by atoms with Gasteiger partial charge >= 0.3 is 0 Å². The quantitative estimate of drug-likeness (QED) is 0.622. The average molecular weight is 304 g/mol. The fourth-order valence-corrected chi connectivity index (χ4v) is 2.40. The number of fused-ring (bicyclic) bond motifs is 2. The molecule has 0 amide bonds. The van der Waals surface area contributed by atoms with Crippen LogP contribution >= 0.6 is 0 Å². The van der Waals surface area contributed by atoms with Crippen LogP contribution in [0.3, 0.4) is 0 Å². The third kappa shape index (κ3) is 1.79. The molecule has 0 bridgehead atoms. The van der Waals surface area contributed by atoms with Crippen LogP contribution in [0.1, 0.15) is 0 Å². The van der Waals surface area contributed by atoms with Crippen molar-refractivity contribution in [2.75, 3.05) is 14.2 Å². The van der Waals surface area contributed by atoms with Crippen LogP contribution in [0.4, 0.5) is 0 Å². The molecule has 3 aromatic rings. The maximum Gasteiger partial charge on any atom is 0.208 e. The van der Waals surface area contributed by atoms with E-state index in [1.54, 1.807) is 0 Å². The lowest BCUT2D eigenvalue weighted by molar-refractivity contribution is 0.351. The molecule has 1 aromatic heterocycles. The summed E-state index contributed by atoms with van der Waals surface area (Å²) in [6.45, 7) is 0. The molecule has 7 nitrogen and oxygen atoms in total. The van der Waals surface area contributed by atoms with E-state index < -0.39 is 11.2 Å². The van der Waals surface area contributed by atoms with Gasteiger partial charge in [-0.2, -0.15) is 0 Å². The van der Waals surface area contributed by atoms with Crippen LogP contribution in [0, 0.1) is 0 Å². The van der Waals surface area contributed by atoms with Gasteiger partial charge in [0, 0.05) is 18.2 Å². The average Bonchev–Trinajstić information content (AvgIpc) is 2.45. The van der Waals surface area contributed by atoms with Gasteiger partial charge in [-0.3, -0.25) is 4.79 Å². The second-order valence-electron chi connectivity index (χ2n) is 4.60. The highest BCUT2D eigenvalue weighted by molar-refractivity contribution is 5.99. The lowest BCUT2D eigenvalue weighted by Gasteiger charge is -2.12. The molecule has 0 unspecified atom stereocenters. The van der Waals surface area contributed by atoms with Crippen LogP contribution in [0.25, 0.3) is 21.9 Å². The zero-order valence-electron chi connectivity index (χ0n) is 11.7. The van der Waals surface area contributed by atoms with E-state index in [0.29, 0.717) is 0 Å². The maximum absolute atomic E-state index is 12.6. The molecule has 2 aromatic carbocycles. The Kier molecular flexibility index (Phi) is 2.98. The first-order valence-electron chi connectivity index (χ1n) is 6.24. The third-order valence-corrected chi connectivity index (χ3v) is 3.34. The van der Waals surface area contributed by atoms with Gasteiger partial charge in [-0.15, -0.1) is 0 Å². The van der Waals surface area contributed by atoms with E-state index in [-0.39, 0.29) is 44.9 Å². The van der Waals surface area contributed by atoms with Crippen molar-refractivity contribution < 1.29 is 29.2 Å². The standard InChI is InChI=1S/C15H12O7/c1-20-10-5-8(18)12-13(19)11-7(17)3-6(16)4-9(11)22-15(12)14(10)21-2/h3-5,16-18H,1-2H3. The molecule has 0 radical (unpaired) electrons. The first kappa shape index (κ1) is 13.9. The monoisotopic (exact) mass is 304 g/mol. The summed E-state index contributed by atoms with van der Waals surface area (Å²) in [7, 11) is 2.73. The molecule has 3 rings (SSSR count). The van der Waals surface area contributed by atoms with E-state index in [1.165, 1.54) is 26.4 Å². The van der Waals surface area contributed by atoms with Crippen molar-refractivity contribution in [3.05, 3.63) is 28.4 Å². The number of rotatable bonds is 2. The summed E-state index contributed by atoms with van der Waals surface area (Å²) < 4.78 is 15.8. The summed E-state index contributed by atoms with van der Waals surface area (Å²) in [6.07, 6.45) is 0. The Labute approximate surface area is 123 Å². The van der Waals surface area contributed by atoms with Gasteiger partial charge < -0.3 is 29.2 Å². The van der Waals surface area contributed by atoms with Crippen LogP contribution in [-0.2, 0) is 0 Å². The number of ether oxygens (including phenoxy) is 2. The minimum atomic E-state index is -0.646. The minimum absolute atomic E-state index is 0.0400. The van der Waals surface area contributed by atoms with E-state index in [1.807, 2.05) is 0 Å². The van der Waals surface area contributed by atoms with Crippen LogP contribution in [-0.4, -0.2) is 29.5 Å². The fourth-order valence-electron chi connectivity index (χ4n) is 2.40. The van der Waals surface area contributed by atoms with E-state index in [2.05, 4.69) is 0 Å². The Morgan fingerprint density at radius 3 is 2.27 bits per heavy atom. The highest BCUT2D eigenvalue weighted by atomic mass is 16.5. The summed E-state index contributed by atoms with van der Waals surface area (Å²) in [5.74, 6) is -0.772. The zero-order chi connectivity index (χ0) is 16.0. The lowest BCUT2D eigenvalue weighted by atomic mass is 10.1. The van der Waals surface area contributed by atoms with Crippen LogP contribution < -0.4 is 14.9 Å². The van der Waals surface area contributed by atoms with E-state index in [0.717, 1.165) is 6.07 Å². The fraction of sp³-hybridized carbons (Fsp3) is 0.133. The first-order valence-corrected chi connectivity index (χ1v) is 6.24. The molecule has 7 heteroatoms. The van der Waals surface area contributed by atoms with Gasteiger partial charge in [-0.25, -0.2) is 0 Å². The Balaban J connectivity index is 2.62. The van der Waals surface area contributed by atoms with Gasteiger partial charge in [-0.1, -0.05) is 0 Å². The van der Waals surface area contributed by atoms with Gasteiger partial charge in [0.15, 0.2) is 11.3 Å². The molecule has 0 saturated heterocycles. The largest absolute Gasteiger partial charge is 0.508 e. The second-order valence-corrected chi connectivity index (χ2v) is 4.60. The molecule has 0 aliphatic carbocycles. The van der Waals surface area contributed by atoms with Crippen LogP contribution in [0.5, 0.6) is 28.7 Å². The van der Waals surface area contributed by atoms with Crippen molar-refractivity contribution >= 4 is 21.9 Å². The third-order valence-electron chi connectivity index (χ3n) is 3.34. The van der Waals surface area contributed by atoms with Gasteiger partial charge in [0.2, 0.25) is 11.2 Å². The van der Waals surface area contributed by atoms with Gasteiger partial charge in [0.05, 0.1) is 14.2 Å². The molecule has 0 aliphatic rings. The maximum atomic E-state index is 12.6. The number of phenolic OH excluding ortho intramolecular Hbond substituents is 3. The molecule has 0 saturated carbocycles. The second kappa shape index (κ2) is 4.73. The topological polar surface area (TPSA) is 109 Å². The van der Waals surface area contributed by atoms with Gasteiger partial charge in [0.25, 0.3) is 0 Å². The molecule has 0 aliphatic heterocycles. The molecule has 0 atom stereocenters. The normalized spacial score (nSPS) is 11.0. The molecular weight excluding hydrogens is 292 g/mol. The number of methoxy groups -OCH3 is 2. The zero-order valence-corrected chi connectivity index (χ0v) is 11.7. The first-order chi connectivity index (χ1) is 10.5. The summed E-state index contributed by atoms with van der Waals surface area (Å²) in [4.78, 5) is 12.6. The molecule has 1 heterocycles. The van der Waals surface area contributed by atoms with Crippen molar-refractivity contribution in [3.63, 3.8) is 0 Å². The Morgan fingerprint density at radius 2 is 1.64 bits per heavy atom. The molecule has 0 fully saturated rings. The highest BCUT2D eigenvalue weighted by Crippen LogP contribution is 2.41. The number of phenols is 3. The number of hydrogen-bond acceptors (Lipinski definition) is 7. The minimum Gasteiger partial charge on any atom is -0.508 e. The van der Waals surface area contributed by atoms with Gasteiger partial charge in [-0.05, 0) is 0 Å². The van der Waals surface area contributed by atoms with Crippen molar-refractivity contribution in [1.82, 2.24) is 0 Å². The smallest absolute Gasteiger partial charge is 0.208 e. The lowest BCUT2D eigenvalue weighted by Crippen LogP contribution is -2.04. The van der Waals surface area contributed by atoms with Crippen molar-refractivity contribution in [1.29, 1.82) is 0 Å². The Bertz CT molecular complexity index is 956. The van der Waals surface area contributed by atoms with Gasteiger partial charge in [0.1, 0.15) is 33.6 Å². The van der Waals surface area contributed by atoms with Crippen molar-refractivity contribution in [2.24, 2.45) is 0 Å². The number of benzene rings is 2. The van der Waals surface area contributed by atoms with Crippen LogP contribution in [0.15, 0.2) is 27.4 Å². The number of aromatic hydroxyl groups is 3.